The van der Waals surface area contributed by atoms with E-state index in [1.165, 1.54) is 5.56 Å². The van der Waals surface area contributed by atoms with Gasteiger partial charge in [0, 0.05) is 36.6 Å². The van der Waals surface area contributed by atoms with Gasteiger partial charge in [0.1, 0.15) is 5.69 Å². The summed E-state index contributed by atoms with van der Waals surface area (Å²) in [7, 11) is 1.95. The summed E-state index contributed by atoms with van der Waals surface area (Å²) in [5.41, 5.74) is 3.72. The highest BCUT2D eigenvalue weighted by molar-refractivity contribution is 6.01. The second kappa shape index (κ2) is 7.72. The minimum atomic E-state index is -0.165. The lowest BCUT2D eigenvalue weighted by Gasteiger charge is -2.26. The number of hydrogen-bond acceptors (Lipinski definition) is 3. The van der Waals surface area contributed by atoms with Crippen molar-refractivity contribution < 1.29 is 9.59 Å². The molecule has 27 heavy (non-hydrogen) atoms. The largest absolute Gasteiger partial charge is 0.350 e. The molecule has 0 aliphatic carbocycles. The first-order valence-electron chi connectivity index (χ1n) is 9.74. The van der Waals surface area contributed by atoms with Crippen LogP contribution in [0.15, 0.2) is 18.2 Å². The summed E-state index contributed by atoms with van der Waals surface area (Å²) in [6.45, 7) is 10.1. The lowest BCUT2D eigenvalue weighted by atomic mass is 10.1. The Morgan fingerprint density at radius 3 is 2.63 bits per heavy atom. The van der Waals surface area contributed by atoms with Crippen LogP contribution in [0.1, 0.15) is 41.9 Å². The van der Waals surface area contributed by atoms with Crippen LogP contribution in [0, 0.1) is 13.8 Å². The molecule has 1 aromatic heterocycles. The molecule has 2 amide bonds. The van der Waals surface area contributed by atoms with Gasteiger partial charge in [-0.3, -0.25) is 14.5 Å². The van der Waals surface area contributed by atoms with E-state index in [9.17, 15) is 9.59 Å². The summed E-state index contributed by atoms with van der Waals surface area (Å²) in [6.07, 6.45) is 0.649. The van der Waals surface area contributed by atoms with Gasteiger partial charge in [0.2, 0.25) is 5.91 Å². The number of aromatic nitrogens is 1. The molecule has 2 heterocycles. The summed E-state index contributed by atoms with van der Waals surface area (Å²) >= 11 is 0. The number of aromatic amines is 1. The smallest absolute Gasteiger partial charge is 0.268 e. The van der Waals surface area contributed by atoms with E-state index in [-0.39, 0.29) is 23.9 Å². The maximum absolute atomic E-state index is 12.8. The molecule has 1 aromatic carbocycles. The minimum Gasteiger partial charge on any atom is -0.350 e. The van der Waals surface area contributed by atoms with Crippen molar-refractivity contribution in [2.45, 2.75) is 46.2 Å². The maximum Gasteiger partial charge on any atom is 0.268 e. The van der Waals surface area contributed by atoms with Crippen LogP contribution >= 0.6 is 0 Å². The van der Waals surface area contributed by atoms with E-state index in [1.807, 2.05) is 56.7 Å². The zero-order chi connectivity index (χ0) is 19.7. The Balaban J connectivity index is 1.72. The van der Waals surface area contributed by atoms with E-state index >= 15 is 0 Å². The normalized spacial score (nSPS) is 20.2. The second-order valence-corrected chi connectivity index (χ2v) is 7.55. The van der Waals surface area contributed by atoms with Gasteiger partial charge < -0.3 is 15.2 Å². The highest BCUT2D eigenvalue weighted by Crippen LogP contribution is 2.24. The first kappa shape index (κ1) is 19.4. The van der Waals surface area contributed by atoms with Crippen molar-refractivity contribution in [2.24, 2.45) is 0 Å². The molecule has 1 saturated heterocycles. The Kier molecular flexibility index (Phi) is 5.56. The topological polar surface area (TPSA) is 68.4 Å². The van der Waals surface area contributed by atoms with E-state index in [4.69, 9.17) is 0 Å². The number of likely N-dealkylation sites (N-methyl/N-ethyl adjacent to an activating group) is 2. The van der Waals surface area contributed by atoms with Gasteiger partial charge in [0.05, 0.1) is 6.04 Å². The average Bonchev–Trinajstić information content (AvgIpc) is 3.16. The first-order chi connectivity index (χ1) is 12.8. The average molecular weight is 370 g/mol. The van der Waals surface area contributed by atoms with Crippen LogP contribution in [-0.2, 0) is 4.79 Å². The predicted molar refractivity (Wildman–Crippen MR) is 108 cm³/mol. The van der Waals surface area contributed by atoms with Crippen LogP contribution in [0.25, 0.3) is 10.9 Å². The van der Waals surface area contributed by atoms with Gasteiger partial charge in [-0.1, -0.05) is 11.6 Å². The Hall–Kier alpha value is -2.34. The van der Waals surface area contributed by atoms with Crippen molar-refractivity contribution in [3.05, 3.63) is 35.0 Å². The van der Waals surface area contributed by atoms with E-state index in [0.29, 0.717) is 31.7 Å². The third-order valence-corrected chi connectivity index (χ3v) is 5.68. The van der Waals surface area contributed by atoms with E-state index < -0.39 is 0 Å². The Bertz CT molecular complexity index is 853. The summed E-state index contributed by atoms with van der Waals surface area (Å²) in [5.74, 6) is 0.0483. The number of carbonyl (C=O) groups is 2. The molecule has 146 valence electrons. The van der Waals surface area contributed by atoms with Crippen LogP contribution in [0.3, 0.4) is 0 Å². The monoisotopic (exact) mass is 370 g/mol. The number of hydrogen-bond donors (Lipinski definition) is 2. The zero-order valence-electron chi connectivity index (χ0n) is 16.9. The molecule has 6 heteroatoms. The van der Waals surface area contributed by atoms with Gasteiger partial charge in [0.15, 0.2) is 0 Å². The summed E-state index contributed by atoms with van der Waals surface area (Å²) in [6, 6.07) is 5.95. The van der Waals surface area contributed by atoms with Gasteiger partial charge in [-0.25, -0.2) is 0 Å². The molecular weight excluding hydrogens is 340 g/mol. The molecule has 2 atom stereocenters. The molecular formula is C21H30N4O2. The highest BCUT2D eigenvalue weighted by Gasteiger charge is 2.37. The quantitative estimate of drug-likeness (QED) is 0.849. The van der Waals surface area contributed by atoms with Gasteiger partial charge in [-0.2, -0.15) is 0 Å². The third-order valence-electron chi connectivity index (χ3n) is 5.68. The number of likely N-dealkylation sites (tertiary alicyclic amines) is 1. The molecule has 0 spiro atoms. The summed E-state index contributed by atoms with van der Waals surface area (Å²) < 4.78 is 0. The number of H-pyrrole nitrogens is 1. The van der Waals surface area contributed by atoms with Crippen LogP contribution in [0.2, 0.25) is 0 Å². The van der Waals surface area contributed by atoms with E-state index in [1.54, 1.807) is 0 Å². The van der Waals surface area contributed by atoms with E-state index in [2.05, 4.69) is 16.4 Å². The Morgan fingerprint density at radius 2 is 1.96 bits per heavy atom. The lowest BCUT2D eigenvalue weighted by Crippen LogP contribution is -2.44. The van der Waals surface area contributed by atoms with Crippen molar-refractivity contribution in [3.8, 4) is 0 Å². The number of nitrogens with zero attached hydrogens (tertiary/aromatic N) is 2. The predicted octanol–water partition coefficient (Wildman–Crippen LogP) is 2.46. The van der Waals surface area contributed by atoms with Crippen LogP contribution in [0.5, 0.6) is 0 Å². The first-order valence-corrected chi connectivity index (χ1v) is 9.74. The molecule has 2 N–H and O–H groups in total. The van der Waals surface area contributed by atoms with Crippen molar-refractivity contribution in [3.63, 3.8) is 0 Å². The summed E-state index contributed by atoms with van der Waals surface area (Å²) in [5, 5.41) is 4.20. The highest BCUT2D eigenvalue weighted by atomic mass is 16.2. The van der Waals surface area contributed by atoms with E-state index in [0.717, 1.165) is 16.5 Å². The Morgan fingerprint density at radius 1 is 1.26 bits per heavy atom. The molecule has 1 aliphatic heterocycles. The fourth-order valence-corrected chi connectivity index (χ4v) is 4.06. The fourth-order valence-electron chi connectivity index (χ4n) is 4.06. The second-order valence-electron chi connectivity index (χ2n) is 7.55. The van der Waals surface area contributed by atoms with Gasteiger partial charge in [-0.05, 0) is 58.9 Å². The molecule has 1 aliphatic rings. The molecule has 6 nitrogen and oxygen atoms in total. The van der Waals surface area contributed by atoms with Crippen LogP contribution in [0.4, 0.5) is 0 Å². The number of fused-ring (bicyclic) bond motifs is 1. The molecule has 3 rings (SSSR count). The van der Waals surface area contributed by atoms with Crippen molar-refractivity contribution in [1.82, 2.24) is 20.1 Å². The standard InChI is InChI=1S/C21H30N4O2/c1-6-25(7-2)21(27)18-11-15(12-24(18)5)22-20(26)19-14(4)16-10-13(3)8-9-17(16)23-19/h8-10,15,18,23H,6-7,11-12H2,1-5H3,(H,22,26)/t15-,18+/m1/s1. The minimum absolute atomic E-state index is 0.0282. The lowest BCUT2D eigenvalue weighted by molar-refractivity contribution is -0.135. The number of nitrogens with one attached hydrogen (secondary N) is 2. The number of rotatable bonds is 5. The SMILES string of the molecule is CCN(CC)C(=O)[C@@H]1C[C@@H](NC(=O)c2[nH]c3ccc(C)cc3c2C)CN1C. The molecule has 2 aromatic rings. The fraction of sp³-hybridized carbons (Fsp3) is 0.524. The Labute approximate surface area is 160 Å². The maximum atomic E-state index is 12.8. The number of amides is 2. The van der Waals surface area contributed by atoms with Gasteiger partial charge >= 0.3 is 0 Å². The molecule has 0 unspecified atom stereocenters. The van der Waals surface area contributed by atoms with Crippen LogP contribution < -0.4 is 5.32 Å². The zero-order valence-corrected chi connectivity index (χ0v) is 16.9. The van der Waals surface area contributed by atoms with Gasteiger partial charge in [-0.15, -0.1) is 0 Å². The van der Waals surface area contributed by atoms with Gasteiger partial charge in [0.25, 0.3) is 5.91 Å². The number of aryl methyl sites for hydroxylation is 2. The summed E-state index contributed by atoms with van der Waals surface area (Å²) in [4.78, 5) is 32.7. The van der Waals surface area contributed by atoms with Crippen molar-refractivity contribution in [1.29, 1.82) is 0 Å². The molecule has 1 fully saturated rings. The van der Waals surface area contributed by atoms with Crippen LogP contribution in [-0.4, -0.2) is 65.4 Å². The molecule has 0 bridgehead atoms. The molecule has 0 saturated carbocycles. The van der Waals surface area contributed by atoms with Crippen molar-refractivity contribution in [2.75, 3.05) is 26.7 Å². The number of benzene rings is 1. The van der Waals surface area contributed by atoms with Crippen molar-refractivity contribution >= 4 is 22.7 Å². The number of carbonyl (C=O) groups excluding carboxylic acids is 2. The molecule has 0 radical (unpaired) electrons. The third kappa shape index (κ3) is 3.72.